The monoisotopic (exact) mass is 286 g/mol. The van der Waals surface area contributed by atoms with E-state index >= 15 is 0 Å². The number of rotatable bonds is 6. The number of hydrogen-bond acceptors (Lipinski definition) is 5. The first-order valence-electron chi connectivity index (χ1n) is 6.34. The zero-order valence-corrected chi connectivity index (χ0v) is 11.2. The van der Waals surface area contributed by atoms with E-state index < -0.39 is 4.92 Å². The van der Waals surface area contributed by atoms with E-state index in [4.69, 9.17) is 0 Å². The van der Waals surface area contributed by atoms with Crippen LogP contribution in [0, 0.1) is 10.1 Å². The maximum absolute atomic E-state index is 11.8. The van der Waals surface area contributed by atoms with Crippen LogP contribution in [0.2, 0.25) is 0 Å². The van der Waals surface area contributed by atoms with Gasteiger partial charge in [0.15, 0.2) is 0 Å². The van der Waals surface area contributed by atoms with Crippen molar-refractivity contribution in [3.63, 3.8) is 0 Å². The Bertz CT molecular complexity index is 631. The highest BCUT2D eigenvalue weighted by Gasteiger charge is 2.11. The molecule has 0 aliphatic carbocycles. The number of para-hydroxylation sites is 2. The number of carbonyl (C=O) groups excluding carboxylic acids is 1. The topological polar surface area (TPSA) is 97.2 Å². The van der Waals surface area contributed by atoms with Gasteiger partial charge in [0.05, 0.1) is 4.92 Å². The second-order valence-corrected chi connectivity index (χ2v) is 4.19. The van der Waals surface area contributed by atoms with E-state index in [2.05, 4.69) is 15.6 Å². The molecule has 2 aromatic rings. The van der Waals surface area contributed by atoms with E-state index in [-0.39, 0.29) is 11.6 Å². The first-order valence-corrected chi connectivity index (χ1v) is 6.34. The van der Waals surface area contributed by atoms with Crippen LogP contribution in [0.5, 0.6) is 0 Å². The highest BCUT2D eigenvalue weighted by atomic mass is 16.6. The third-order valence-electron chi connectivity index (χ3n) is 2.77. The molecule has 0 aliphatic rings. The summed E-state index contributed by atoms with van der Waals surface area (Å²) in [5.41, 5.74) is 0.967. The van der Waals surface area contributed by atoms with Crippen molar-refractivity contribution < 1.29 is 9.72 Å². The molecule has 0 spiro atoms. The lowest BCUT2D eigenvalue weighted by atomic mass is 10.2. The lowest BCUT2D eigenvalue weighted by molar-refractivity contribution is -0.384. The second kappa shape index (κ2) is 6.99. The molecule has 21 heavy (non-hydrogen) atoms. The summed E-state index contributed by atoms with van der Waals surface area (Å²) in [6.07, 6.45) is 3.08. The van der Waals surface area contributed by atoms with Crippen molar-refractivity contribution in [1.82, 2.24) is 10.3 Å². The van der Waals surface area contributed by atoms with Crippen molar-refractivity contribution >= 4 is 17.3 Å². The number of hydrogen-bond donors (Lipinski definition) is 2. The van der Waals surface area contributed by atoms with Gasteiger partial charge < -0.3 is 10.6 Å². The number of pyridine rings is 1. The molecule has 0 unspecified atom stereocenters. The predicted molar refractivity (Wildman–Crippen MR) is 78.2 cm³/mol. The number of benzene rings is 1. The molecule has 2 rings (SSSR count). The molecular formula is C14H14N4O3. The molecule has 108 valence electrons. The van der Waals surface area contributed by atoms with Gasteiger partial charge in [0, 0.05) is 37.1 Å². The Morgan fingerprint density at radius 3 is 2.57 bits per heavy atom. The molecule has 0 atom stereocenters. The molecule has 1 amide bonds. The normalized spacial score (nSPS) is 9.90. The summed E-state index contributed by atoms with van der Waals surface area (Å²) in [6.45, 7) is 0.745. The largest absolute Gasteiger partial charge is 0.378 e. The SMILES string of the molecule is O=C(NCCNc1ccccc1[N+](=O)[O-])c1ccncc1. The van der Waals surface area contributed by atoms with Crippen molar-refractivity contribution in [2.75, 3.05) is 18.4 Å². The number of anilines is 1. The van der Waals surface area contributed by atoms with Crippen LogP contribution >= 0.6 is 0 Å². The lowest BCUT2D eigenvalue weighted by Crippen LogP contribution is -2.28. The molecule has 7 heteroatoms. The quantitative estimate of drug-likeness (QED) is 0.479. The van der Waals surface area contributed by atoms with Crippen molar-refractivity contribution in [3.8, 4) is 0 Å². The zero-order valence-electron chi connectivity index (χ0n) is 11.2. The average molecular weight is 286 g/mol. The van der Waals surface area contributed by atoms with E-state index in [0.29, 0.717) is 24.3 Å². The highest BCUT2D eigenvalue weighted by molar-refractivity contribution is 5.93. The van der Waals surface area contributed by atoms with Crippen molar-refractivity contribution in [1.29, 1.82) is 0 Å². The Kier molecular flexibility index (Phi) is 4.81. The van der Waals surface area contributed by atoms with Crippen LogP contribution in [-0.4, -0.2) is 28.9 Å². The minimum absolute atomic E-state index is 0.0120. The van der Waals surface area contributed by atoms with E-state index in [0.717, 1.165) is 0 Å². The van der Waals surface area contributed by atoms with Crippen molar-refractivity contribution in [3.05, 3.63) is 64.5 Å². The van der Waals surface area contributed by atoms with Crippen LogP contribution in [0.4, 0.5) is 11.4 Å². The van der Waals surface area contributed by atoms with Crippen LogP contribution in [0.25, 0.3) is 0 Å². The van der Waals surface area contributed by atoms with Gasteiger partial charge in [0.2, 0.25) is 0 Å². The number of carbonyl (C=O) groups is 1. The van der Waals surface area contributed by atoms with E-state index in [1.54, 1.807) is 42.7 Å². The second-order valence-electron chi connectivity index (χ2n) is 4.19. The Labute approximate surface area is 121 Å². The van der Waals surface area contributed by atoms with Crippen LogP contribution in [0.15, 0.2) is 48.8 Å². The zero-order chi connectivity index (χ0) is 15.1. The molecule has 0 aliphatic heterocycles. The van der Waals surface area contributed by atoms with E-state index in [1.807, 2.05) is 0 Å². The number of nitro groups is 1. The van der Waals surface area contributed by atoms with E-state index in [1.165, 1.54) is 6.07 Å². The fraction of sp³-hybridized carbons (Fsp3) is 0.143. The number of amides is 1. The summed E-state index contributed by atoms with van der Waals surface area (Å²) in [7, 11) is 0. The lowest BCUT2D eigenvalue weighted by Gasteiger charge is -2.08. The van der Waals surface area contributed by atoms with Gasteiger partial charge in [-0.3, -0.25) is 19.9 Å². The number of nitrogens with zero attached hydrogens (tertiary/aromatic N) is 2. The summed E-state index contributed by atoms with van der Waals surface area (Å²) in [6, 6.07) is 9.61. The fourth-order valence-electron chi connectivity index (χ4n) is 1.76. The Balaban J connectivity index is 1.83. The van der Waals surface area contributed by atoms with Crippen LogP contribution in [-0.2, 0) is 0 Å². The molecule has 0 radical (unpaired) electrons. The molecule has 1 aromatic heterocycles. The minimum Gasteiger partial charge on any atom is -0.378 e. The molecule has 1 aromatic carbocycles. The fourth-order valence-corrected chi connectivity index (χ4v) is 1.76. The van der Waals surface area contributed by atoms with Gasteiger partial charge in [-0.1, -0.05) is 12.1 Å². The van der Waals surface area contributed by atoms with Gasteiger partial charge in [-0.25, -0.2) is 0 Å². The summed E-state index contributed by atoms with van der Waals surface area (Å²) in [5, 5.41) is 16.5. The molecule has 0 fully saturated rings. The average Bonchev–Trinajstić information content (AvgIpc) is 2.52. The maximum Gasteiger partial charge on any atom is 0.292 e. The standard InChI is InChI=1S/C14H14N4O3/c19-14(11-5-7-15-8-6-11)17-10-9-16-12-3-1-2-4-13(12)18(20)21/h1-8,16H,9-10H2,(H,17,19). The number of nitrogens with one attached hydrogen (secondary N) is 2. The van der Waals surface area contributed by atoms with Crippen LogP contribution in [0.3, 0.4) is 0 Å². The van der Waals surface area contributed by atoms with Gasteiger partial charge in [-0.2, -0.15) is 0 Å². The maximum atomic E-state index is 11.8. The van der Waals surface area contributed by atoms with Gasteiger partial charge in [0.25, 0.3) is 11.6 Å². The Morgan fingerprint density at radius 2 is 1.86 bits per heavy atom. The van der Waals surface area contributed by atoms with Gasteiger partial charge >= 0.3 is 0 Å². The molecule has 0 saturated heterocycles. The molecule has 1 heterocycles. The third kappa shape index (κ3) is 4.00. The van der Waals surface area contributed by atoms with Crippen LogP contribution < -0.4 is 10.6 Å². The first-order chi connectivity index (χ1) is 10.2. The van der Waals surface area contributed by atoms with E-state index in [9.17, 15) is 14.9 Å². The number of nitro benzene ring substituents is 1. The summed E-state index contributed by atoms with van der Waals surface area (Å²) in [5.74, 6) is -0.207. The first kappa shape index (κ1) is 14.4. The Morgan fingerprint density at radius 1 is 1.14 bits per heavy atom. The predicted octanol–water partition coefficient (Wildman–Crippen LogP) is 1.83. The molecule has 2 N–H and O–H groups in total. The third-order valence-corrected chi connectivity index (χ3v) is 2.77. The molecule has 7 nitrogen and oxygen atoms in total. The minimum atomic E-state index is -0.447. The van der Waals surface area contributed by atoms with Crippen LogP contribution in [0.1, 0.15) is 10.4 Å². The molecule has 0 saturated carbocycles. The Hall–Kier alpha value is -2.96. The highest BCUT2D eigenvalue weighted by Crippen LogP contribution is 2.22. The van der Waals surface area contributed by atoms with Gasteiger partial charge in [0.1, 0.15) is 5.69 Å². The molecule has 0 bridgehead atoms. The summed E-state index contributed by atoms with van der Waals surface area (Å²) >= 11 is 0. The van der Waals surface area contributed by atoms with Gasteiger partial charge in [-0.15, -0.1) is 0 Å². The number of aromatic nitrogens is 1. The van der Waals surface area contributed by atoms with Crippen molar-refractivity contribution in [2.24, 2.45) is 0 Å². The summed E-state index contributed by atoms with van der Waals surface area (Å²) < 4.78 is 0. The van der Waals surface area contributed by atoms with Crippen molar-refractivity contribution in [2.45, 2.75) is 0 Å². The smallest absolute Gasteiger partial charge is 0.292 e. The molecular weight excluding hydrogens is 272 g/mol. The summed E-state index contributed by atoms with van der Waals surface area (Å²) in [4.78, 5) is 26.0. The van der Waals surface area contributed by atoms with Gasteiger partial charge in [-0.05, 0) is 18.2 Å².